The number of aliphatic hydroxyl groups excluding tert-OH is 1. The van der Waals surface area contributed by atoms with Gasteiger partial charge in [-0.1, -0.05) is 19.4 Å². The number of likely N-dealkylation sites (tertiary alicyclic amines) is 1. The number of pyridine rings is 1. The van der Waals surface area contributed by atoms with E-state index in [4.69, 9.17) is 0 Å². The Morgan fingerprint density at radius 2 is 2.30 bits per heavy atom. The van der Waals surface area contributed by atoms with Crippen molar-refractivity contribution in [1.29, 1.82) is 0 Å². The summed E-state index contributed by atoms with van der Waals surface area (Å²) >= 11 is 0. The number of aliphatic hydroxyl groups is 1. The zero-order valence-electron chi connectivity index (χ0n) is 12.5. The van der Waals surface area contributed by atoms with Gasteiger partial charge in [-0.2, -0.15) is 0 Å². The van der Waals surface area contributed by atoms with E-state index in [1.54, 1.807) is 0 Å². The summed E-state index contributed by atoms with van der Waals surface area (Å²) in [5, 5.41) is 12.5. The molecule has 1 fully saturated rings. The van der Waals surface area contributed by atoms with Crippen LogP contribution in [0, 0.1) is 0 Å². The van der Waals surface area contributed by atoms with Crippen molar-refractivity contribution in [1.82, 2.24) is 9.88 Å². The van der Waals surface area contributed by atoms with Crippen LogP contribution in [-0.2, 0) is 6.54 Å². The van der Waals surface area contributed by atoms with Gasteiger partial charge < -0.3 is 10.4 Å². The van der Waals surface area contributed by atoms with Crippen molar-refractivity contribution in [2.75, 3.05) is 25.0 Å². The Bertz CT molecular complexity index is 395. The van der Waals surface area contributed by atoms with E-state index < -0.39 is 0 Å². The van der Waals surface area contributed by atoms with E-state index in [-0.39, 0.29) is 6.61 Å². The first-order chi connectivity index (χ1) is 9.83. The molecule has 1 saturated heterocycles. The van der Waals surface area contributed by atoms with Gasteiger partial charge in [-0.15, -0.1) is 0 Å². The molecule has 1 aliphatic heterocycles. The number of hydrogen-bond donors (Lipinski definition) is 2. The summed E-state index contributed by atoms with van der Waals surface area (Å²) in [6.07, 6.45) is 5.74. The van der Waals surface area contributed by atoms with Crippen LogP contribution in [0.3, 0.4) is 0 Å². The Kier molecular flexibility index (Phi) is 6.27. The lowest BCUT2D eigenvalue weighted by Crippen LogP contribution is -2.39. The molecular formula is C16H27N3O. The van der Waals surface area contributed by atoms with Gasteiger partial charge in [-0.3, -0.25) is 4.90 Å². The van der Waals surface area contributed by atoms with Gasteiger partial charge in [0.05, 0.1) is 5.69 Å². The number of nitrogens with one attached hydrogen (secondary N) is 1. The predicted molar refractivity (Wildman–Crippen MR) is 82.8 cm³/mol. The molecule has 1 aromatic rings. The van der Waals surface area contributed by atoms with Gasteiger partial charge in [0, 0.05) is 25.7 Å². The minimum absolute atomic E-state index is 0.284. The Labute approximate surface area is 122 Å². The molecule has 0 bridgehead atoms. The maximum atomic E-state index is 9.19. The summed E-state index contributed by atoms with van der Waals surface area (Å²) < 4.78 is 0. The fraction of sp³-hybridized carbons (Fsp3) is 0.688. The lowest BCUT2D eigenvalue weighted by molar-refractivity contribution is 0.111. The molecule has 1 aliphatic rings. The number of aromatic nitrogens is 1. The summed E-state index contributed by atoms with van der Waals surface area (Å²) in [4.78, 5) is 7.16. The quantitative estimate of drug-likeness (QED) is 0.804. The lowest BCUT2D eigenvalue weighted by Gasteiger charge is -2.35. The largest absolute Gasteiger partial charge is 0.396 e. The zero-order valence-corrected chi connectivity index (χ0v) is 12.5. The van der Waals surface area contributed by atoms with Crippen LogP contribution in [0.2, 0.25) is 0 Å². The maximum Gasteiger partial charge on any atom is 0.126 e. The highest BCUT2D eigenvalue weighted by atomic mass is 16.3. The van der Waals surface area contributed by atoms with Crippen molar-refractivity contribution in [3.8, 4) is 0 Å². The van der Waals surface area contributed by atoms with Crippen molar-refractivity contribution in [2.45, 2.75) is 51.6 Å². The third kappa shape index (κ3) is 4.46. The Morgan fingerprint density at radius 1 is 1.40 bits per heavy atom. The van der Waals surface area contributed by atoms with E-state index in [2.05, 4.69) is 34.3 Å². The summed E-state index contributed by atoms with van der Waals surface area (Å²) in [7, 11) is 0. The van der Waals surface area contributed by atoms with Crippen molar-refractivity contribution in [3.05, 3.63) is 23.9 Å². The lowest BCUT2D eigenvalue weighted by atomic mass is 9.99. The van der Waals surface area contributed by atoms with E-state index in [1.807, 2.05) is 6.07 Å². The summed E-state index contributed by atoms with van der Waals surface area (Å²) in [6, 6.07) is 6.72. The Morgan fingerprint density at radius 3 is 3.10 bits per heavy atom. The molecule has 4 nitrogen and oxygen atoms in total. The second kappa shape index (κ2) is 8.22. The maximum absolute atomic E-state index is 9.19. The average molecular weight is 277 g/mol. The average Bonchev–Trinajstić information content (AvgIpc) is 2.48. The summed E-state index contributed by atoms with van der Waals surface area (Å²) in [5.41, 5.74) is 1.12. The molecule has 4 heteroatoms. The molecule has 1 aromatic heterocycles. The van der Waals surface area contributed by atoms with E-state index in [9.17, 15) is 5.11 Å². The number of hydrogen-bond acceptors (Lipinski definition) is 4. The fourth-order valence-corrected chi connectivity index (χ4v) is 2.87. The minimum Gasteiger partial charge on any atom is -0.396 e. The van der Waals surface area contributed by atoms with Gasteiger partial charge in [0.1, 0.15) is 5.82 Å². The predicted octanol–water partition coefficient (Wildman–Crippen LogP) is 2.64. The Hall–Kier alpha value is -1.13. The summed E-state index contributed by atoms with van der Waals surface area (Å²) in [6.45, 7) is 5.43. The smallest absolute Gasteiger partial charge is 0.126 e. The molecule has 1 atom stereocenters. The molecular weight excluding hydrogens is 250 g/mol. The fourth-order valence-electron chi connectivity index (χ4n) is 2.87. The van der Waals surface area contributed by atoms with Crippen molar-refractivity contribution in [3.63, 3.8) is 0 Å². The van der Waals surface area contributed by atoms with E-state index in [1.165, 1.54) is 19.3 Å². The van der Waals surface area contributed by atoms with Crippen LogP contribution >= 0.6 is 0 Å². The van der Waals surface area contributed by atoms with Crippen molar-refractivity contribution < 1.29 is 5.11 Å². The number of anilines is 1. The third-order valence-electron chi connectivity index (χ3n) is 3.94. The van der Waals surface area contributed by atoms with E-state index >= 15 is 0 Å². The van der Waals surface area contributed by atoms with Crippen LogP contribution in [0.4, 0.5) is 5.82 Å². The first-order valence-corrected chi connectivity index (χ1v) is 7.88. The molecule has 0 amide bonds. The molecule has 2 N–H and O–H groups in total. The molecule has 0 aliphatic carbocycles. The van der Waals surface area contributed by atoms with Crippen LogP contribution in [0.25, 0.3) is 0 Å². The highest BCUT2D eigenvalue weighted by Crippen LogP contribution is 2.21. The van der Waals surface area contributed by atoms with Gasteiger partial charge in [0.25, 0.3) is 0 Å². The molecule has 2 rings (SSSR count). The molecule has 0 saturated carbocycles. The number of piperidine rings is 1. The van der Waals surface area contributed by atoms with Gasteiger partial charge in [0.2, 0.25) is 0 Å². The number of nitrogens with zero attached hydrogens (tertiary/aromatic N) is 2. The van der Waals surface area contributed by atoms with Crippen molar-refractivity contribution in [2.24, 2.45) is 0 Å². The molecule has 0 radical (unpaired) electrons. The number of rotatable bonds is 7. The summed E-state index contributed by atoms with van der Waals surface area (Å²) in [5.74, 6) is 0.972. The van der Waals surface area contributed by atoms with Crippen LogP contribution in [0.15, 0.2) is 18.2 Å². The first kappa shape index (κ1) is 15.3. The molecule has 2 heterocycles. The SMILES string of the molecule is CCCNc1cccc(CN2CCCCC2CCO)n1. The van der Waals surface area contributed by atoms with E-state index in [0.29, 0.717) is 6.04 Å². The highest BCUT2D eigenvalue weighted by Gasteiger charge is 2.22. The minimum atomic E-state index is 0.284. The normalized spacial score (nSPS) is 20.0. The highest BCUT2D eigenvalue weighted by molar-refractivity contribution is 5.35. The second-order valence-electron chi connectivity index (χ2n) is 5.57. The second-order valence-corrected chi connectivity index (χ2v) is 5.57. The zero-order chi connectivity index (χ0) is 14.2. The van der Waals surface area contributed by atoms with Gasteiger partial charge in [-0.25, -0.2) is 4.98 Å². The standard InChI is InChI=1S/C16H27N3O/c1-2-10-17-16-8-5-6-14(18-16)13-19-11-4-3-7-15(19)9-12-20/h5-6,8,15,20H,2-4,7,9-13H2,1H3,(H,17,18). The molecule has 0 spiro atoms. The third-order valence-corrected chi connectivity index (χ3v) is 3.94. The molecule has 20 heavy (non-hydrogen) atoms. The van der Waals surface area contributed by atoms with Crippen LogP contribution in [-0.4, -0.2) is 40.7 Å². The molecule has 0 aromatic carbocycles. The molecule has 1 unspecified atom stereocenters. The topological polar surface area (TPSA) is 48.4 Å². The van der Waals surface area contributed by atoms with Crippen LogP contribution in [0.1, 0.15) is 44.7 Å². The van der Waals surface area contributed by atoms with E-state index in [0.717, 1.165) is 44.0 Å². The van der Waals surface area contributed by atoms with Gasteiger partial charge in [-0.05, 0) is 44.4 Å². The first-order valence-electron chi connectivity index (χ1n) is 7.88. The Balaban J connectivity index is 1.96. The van der Waals surface area contributed by atoms with Gasteiger partial charge in [0.15, 0.2) is 0 Å². The molecule has 112 valence electrons. The monoisotopic (exact) mass is 277 g/mol. The van der Waals surface area contributed by atoms with Crippen molar-refractivity contribution >= 4 is 5.82 Å². The van der Waals surface area contributed by atoms with Crippen LogP contribution < -0.4 is 5.32 Å². The van der Waals surface area contributed by atoms with Gasteiger partial charge >= 0.3 is 0 Å². The van der Waals surface area contributed by atoms with Crippen LogP contribution in [0.5, 0.6) is 0 Å².